The van der Waals surface area contributed by atoms with Gasteiger partial charge in [0.2, 0.25) is 0 Å². The number of carbonyl (C=O) groups excluding carboxylic acids is 1. The van der Waals surface area contributed by atoms with Crippen LogP contribution in [0.15, 0.2) is 0 Å². The molecule has 0 spiro atoms. The summed E-state index contributed by atoms with van der Waals surface area (Å²) in [6, 6.07) is 0. The molecule has 15 heavy (non-hydrogen) atoms. The van der Waals surface area contributed by atoms with E-state index in [-0.39, 0.29) is 0 Å². The lowest BCUT2D eigenvalue weighted by molar-refractivity contribution is -0.119. The minimum atomic E-state index is 0.379. The zero-order chi connectivity index (χ0) is 10.3. The van der Waals surface area contributed by atoms with Gasteiger partial charge >= 0.3 is 0 Å². The van der Waals surface area contributed by atoms with E-state index in [1.165, 1.54) is 37.9 Å². The summed E-state index contributed by atoms with van der Waals surface area (Å²) in [6.07, 6.45) is 9.01. The molecule has 1 heterocycles. The van der Waals surface area contributed by atoms with Crippen LogP contribution < -0.4 is 0 Å². The largest absolute Gasteiger partial charge is 0.298 e. The molecule has 0 aromatic heterocycles. The molecule has 0 amide bonds. The standard InChI is InChI=1S/C13H20OS/c14-12(13-2-1-5-15-13)8-11-7-9-3-4-10(11)6-9/h9-11,13H,1-8H2. The van der Waals surface area contributed by atoms with Crippen molar-refractivity contribution in [2.24, 2.45) is 17.8 Å². The van der Waals surface area contributed by atoms with Crippen molar-refractivity contribution >= 4 is 17.5 Å². The van der Waals surface area contributed by atoms with E-state index in [2.05, 4.69) is 0 Å². The van der Waals surface area contributed by atoms with Crippen LogP contribution in [0.4, 0.5) is 0 Å². The van der Waals surface area contributed by atoms with Crippen molar-refractivity contribution in [2.75, 3.05) is 5.75 Å². The van der Waals surface area contributed by atoms with E-state index in [4.69, 9.17) is 0 Å². The van der Waals surface area contributed by atoms with Gasteiger partial charge in [0.25, 0.3) is 0 Å². The second kappa shape index (κ2) is 4.12. The lowest BCUT2D eigenvalue weighted by Crippen LogP contribution is -2.21. The van der Waals surface area contributed by atoms with Crippen molar-refractivity contribution in [3.63, 3.8) is 0 Å². The molecule has 1 aliphatic heterocycles. The minimum Gasteiger partial charge on any atom is -0.298 e. The molecule has 2 bridgehead atoms. The van der Waals surface area contributed by atoms with Crippen molar-refractivity contribution in [1.82, 2.24) is 0 Å². The Hall–Kier alpha value is 0.0200. The summed E-state index contributed by atoms with van der Waals surface area (Å²) in [5.74, 6) is 4.48. The maximum absolute atomic E-state index is 12.1. The monoisotopic (exact) mass is 224 g/mol. The van der Waals surface area contributed by atoms with E-state index in [0.29, 0.717) is 11.0 Å². The van der Waals surface area contributed by atoms with Crippen LogP contribution >= 0.6 is 11.8 Å². The Morgan fingerprint density at radius 2 is 2.13 bits per heavy atom. The molecule has 4 unspecified atom stereocenters. The molecule has 3 fully saturated rings. The zero-order valence-electron chi connectivity index (χ0n) is 9.28. The van der Waals surface area contributed by atoms with Crippen molar-refractivity contribution in [1.29, 1.82) is 0 Å². The summed E-state index contributed by atoms with van der Waals surface area (Å²) in [5.41, 5.74) is 0. The number of Topliss-reactive ketones (excluding diaryl/α,β-unsaturated/α-hetero) is 1. The Bertz CT molecular complexity index is 257. The van der Waals surface area contributed by atoms with Crippen molar-refractivity contribution in [3.8, 4) is 0 Å². The van der Waals surface area contributed by atoms with Gasteiger partial charge in [-0.05, 0) is 55.6 Å². The second-order valence-electron chi connectivity index (χ2n) is 5.61. The van der Waals surface area contributed by atoms with Crippen LogP contribution in [0.3, 0.4) is 0 Å². The van der Waals surface area contributed by atoms with Gasteiger partial charge in [0.05, 0.1) is 5.25 Å². The molecule has 4 atom stereocenters. The second-order valence-corrected chi connectivity index (χ2v) is 6.92. The minimum absolute atomic E-state index is 0.379. The van der Waals surface area contributed by atoms with Gasteiger partial charge in [-0.3, -0.25) is 4.79 Å². The van der Waals surface area contributed by atoms with Crippen LogP contribution in [0.25, 0.3) is 0 Å². The fourth-order valence-electron chi connectivity index (χ4n) is 3.85. The molecule has 0 aromatic carbocycles. The average Bonchev–Trinajstić information content (AvgIpc) is 2.95. The number of carbonyl (C=O) groups is 1. The SMILES string of the molecule is O=C(CC1CC2CCC1C2)C1CCCS1. The van der Waals surface area contributed by atoms with E-state index in [0.717, 1.165) is 30.6 Å². The lowest BCUT2D eigenvalue weighted by Gasteiger charge is -2.21. The first-order valence-corrected chi connectivity index (χ1v) is 7.52. The summed E-state index contributed by atoms with van der Waals surface area (Å²) >= 11 is 1.90. The molecule has 1 saturated heterocycles. The quantitative estimate of drug-likeness (QED) is 0.732. The van der Waals surface area contributed by atoms with Crippen LogP contribution in [0.2, 0.25) is 0 Å². The molecule has 0 radical (unpaired) electrons. The Labute approximate surface area is 96.4 Å². The fourth-order valence-corrected chi connectivity index (χ4v) is 5.08. The predicted octanol–water partition coefficient (Wildman–Crippen LogP) is 3.28. The zero-order valence-corrected chi connectivity index (χ0v) is 10.1. The first-order chi connectivity index (χ1) is 7.33. The maximum atomic E-state index is 12.1. The number of hydrogen-bond acceptors (Lipinski definition) is 2. The van der Waals surface area contributed by atoms with Crippen LogP contribution in [0.5, 0.6) is 0 Å². The third-order valence-electron chi connectivity index (χ3n) is 4.64. The lowest BCUT2D eigenvalue weighted by atomic mass is 9.84. The van der Waals surface area contributed by atoms with Crippen molar-refractivity contribution in [3.05, 3.63) is 0 Å². The summed E-state index contributed by atoms with van der Waals surface area (Å²) in [6.45, 7) is 0. The molecule has 2 aliphatic carbocycles. The molecule has 0 aromatic rings. The van der Waals surface area contributed by atoms with Gasteiger partial charge in [0.15, 0.2) is 0 Å². The Morgan fingerprint density at radius 1 is 1.20 bits per heavy atom. The number of rotatable bonds is 3. The molecule has 0 N–H and O–H groups in total. The smallest absolute Gasteiger partial charge is 0.146 e. The Balaban J connectivity index is 1.54. The van der Waals surface area contributed by atoms with E-state index < -0.39 is 0 Å². The van der Waals surface area contributed by atoms with Crippen LogP contribution in [0.1, 0.15) is 44.9 Å². The average molecular weight is 224 g/mol. The Morgan fingerprint density at radius 3 is 2.73 bits per heavy atom. The summed E-state index contributed by atoms with van der Waals surface area (Å²) < 4.78 is 0. The molecule has 3 aliphatic rings. The van der Waals surface area contributed by atoms with E-state index in [9.17, 15) is 4.79 Å². The van der Waals surface area contributed by atoms with Crippen molar-refractivity contribution < 1.29 is 4.79 Å². The molecule has 3 rings (SSSR count). The predicted molar refractivity (Wildman–Crippen MR) is 64.0 cm³/mol. The first-order valence-electron chi connectivity index (χ1n) is 6.47. The van der Waals surface area contributed by atoms with Crippen LogP contribution in [0, 0.1) is 17.8 Å². The first kappa shape index (κ1) is 10.2. The van der Waals surface area contributed by atoms with E-state index in [1.807, 2.05) is 11.8 Å². The van der Waals surface area contributed by atoms with Gasteiger partial charge in [0, 0.05) is 6.42 Å². The molecule has 2 heteroatoms. The van der Waals surface area contributed by atoms with Crippen molar-refractivity contribution in [2.45, 2.75) is 50.2 Å². The topological polar surface area (TPSA) is 17.1 Å². The molecular weight excluding hydrogens is 204 g/mol. The number of thioether (sulfide) groups is 1. The summed E-state index contributed by atoms with van der Waals surface area (Å²) in [5, 5.41) is 0.379. The summed E-state index contributed by atoms with van der Waals surface area (Å²) in [7, 11) is 0. The van der Waals surface area contributed by atoms with Crippen LogP contribution in [-0.2, 0) is 4.79 Å². The number of hydrogen-bond donors (Lipinski definition) is 0. The number of ketones is 1. The third kappa shape index (κ3) is 1.98. The van der Waals surface area contributed by atoms with Gasteiger partial charge < -0.3 is 0 Å². The summed E-state index contributed by atoms with van der Waals surface area (Å²) in [4.78, 5) is 12.1. The molecule has 2 saturated carbocycles. The van der Waals surface area contributed by atoms with Gasteiger partial charge in [-0.2, -0.15) is 11.8 Å². The maximum Gasteiger partial charge on any atom is 0.146 e. The third-order valence-corrected chi connectivity index (χ3v) is 6.06. The molecular formula is C13H20OS. The highest BCUT2D eigenvalue weighted by Crippen LogP contribution is 2.50. The highest BCUT2D eigenvalue weighted by molar-refractivity contribution is 8.00. The Kier molecular flexibility index (Phi) is 2.80. The van der Waals surface area contributed by atoms with Gasteiger partial charge in [-0.25, -0.2) is 0 Å². The normalized spacial score (nSPS) is 43.7. The van der Waals surface area contributed by atoms with Gasteiger partial charge in [0.1, 0.15) is 5.78 Å². The highest BCUT2D eigenvalue weighted by Gasteiger charge is 2.40. The molecule has 1 nitrogen and oxygen atoms in total. The van der Waals surface area contributed by atoms with E-state index in [1.54, 1.807) is 0 Å². The van der Waals surface area contributed by atoms with E-state index >= 15 is 0 Å². The van der Waals surface area contributed by atoms with Gasteiger partial charge in [-0.1, -0.05) is 6.42 Å². The number of fused-ring (bicyclic) bond motifs is 2. The molecule has 84 valence electrons. The van der Waals surface area contributed by atoms with Gasteiger partial charge in [-0.15, -0.1) is 0 Å². The highest BCUT2D eigenvalue weighted by atomic mass is 32.2. The van der Waals surface area contributed by atoms with Crippen LogP contribution in [-0.4, -0.2) is 16.8 Å². The fraction of sp³-hybridized carbons (Fsp3) is 0.923.